The van der Waals surface area contributed by atoms with Crippen LogP contribution in [-0.4, -0.2) is 32.2 Å². The first-order valence-electron chi connectivity index (χ1n) is 7.72. The summed E-state index contributed by atoms with van der Waals surface area (Å²) in [6, 6.07) is 8.51. The molecule has 0 bridgehead atoms. The lowest BCUT2D eigenvalue weighted by atomic mass is 10.1. The molecular formula is C18H16F6N2O. The first-order chi connectivity index (χ1) is 12.6. The fourth-order valence-corrected chi connectivity index (χ4v) is 2.48. The lowest BCUT2D eigenvalue weighted by Gasteiger charge is -2.20. The van der Waals surface area contributed by atoms with Crippen molar-refractivity contribution in [2.45, 2.75) is 18.4 Å². The van der Waals surface area contributed by atoms with Gasteiger partial charge in [0, 0.05) is 12.6 Å². The fourth-order valence-electron chi connectivity index (χ4n) is 2.48. The summed E-state index contributed by atoms with van der Waals surface area (Å²) in [5, 5.41) is 2.19. The van der Waals surface area contributed by atoms with Crippen LogP contribution >= 0.6 is 0 Å². The van der Waals surface area contributed by atoms with Gasteiger partial charge in [0.15, 0.2) is 0 Å². The Labute approximate surface area is 151 Å². The SMILES string of the molecule is CN=C(c1ccc(Oc2ccc(C(NC)C(F)(F)F)cc2)cc1)C(F)(F)F. The van der Waals surface area contributed by atoms with Crippen molar-refractivity contribution in [1.29, 1.82) is 0 Å². The summed E-state index contributed by atoms with van der Waals surface area (Å²) < 4.78 is 82.6. The molecule has 2 rings (SSSR count). The lowest BCUT2D eigenvalue weighted by molar-refractivity contribution is -0.156. The zero-order chi connectivity index (χ0) is 20.2. The maximum atomic E-state index is 12.9. The Morgan fingerprint density at radius 1 is 0.889 bits per heavy atom. The zero-order valence-corrected chi connectivity index (χ0v) is 14.3. The molecule has 0 saturated carbocycles. The lowest BCUT2D eigenvalue weighted by Crippen LogP contribution is -2.31. The normalized spacial score (nSPS) is 14.1. The summed E-state index contributed by atoms with van der Waals surface area (Å²) in [6.07, 6.45) is -9.01. The maximum absolute atomic E-state index is 12.9. The van der Waals surface area contributed by atoms with Crippen molar-refractivity contribution in [2.75, 3.05) is 14.1 Å². The topological polar surface area (TPSA) is 33.6 Å². The standard InChI is InChI=1S/C18H16F6N2O/c1-25-15(17(19,20)21)11-3-7-13(8-4-11)27-14-9-5-12(6-10-14)16(26-2)18(22,23)24/h3-10,15,25H,1-2H3. The van der Waals surface area contributed by atoms with Gasteiger partial charge < -0.3 is 10.1 Å². The van der Waals surface area contributed by atoms with Gasteiger partial charge in [0.05, 0.1) is 0 Å². The van der Waals surface area contributed by atoms with E-state index in [4.69, 9.17) is 4.74 Å². The van der Waals surface area contributed by atoms with E-state index in [0.717, 1.165) is 7.05 Å². The Morgan fingerprint density at radius 2 is 1.37 bits per heavy atom. The maximum Gasteiger partial charge on any atom is 0.433 e. The predicted molar refractivity (Wildman–Crippen MR) is 89.3 cm³/mol. The van der Waals surface area contributed by atoms with Gasteiger partial charge in [-0.05, 0) is 49.0 Å². The monoisotopic (exact) mass is 390 g/mol. The number of nitrogens with one attached hydrogen (secondary N) is 1. The van der Waals surface area contributed by atoms with Crippen molar-refractivity contribution in [3.05, 3.63) is 59.7 Å². The largest absolute Gasteiger partial charge is 0.457 e. The van der Waals surface area contributed by atoms with Crippen molar-refractivity contribution in [1.82, 2.24) is 5.32 Å². The van der Waals surface area contributed by atoms with Crippen LogP contribution in [0.4, 0.5) is 26.3 Å². The molecule has 0 aliphatic heterocycles. The van der Waals surface area contributed by atoms with Gasteiger partial charge in [-0.25, -0.2) is 0 Å². The summed E-state index contributed by atoms with van der Waals surface area (Å²) in [7, 11) is 2.26. The highest BCUT2D eigenvalue weighted by molar-refractivity contribution is 6.04. The van der Waals surface area contributed by atoms with Gasteiger partial charge in [-0.15, -0.1) is 0 Å². The van der Waals surface area contributed by atoms with Gasteiger partial charge in [-0.2, -0.15) is 26.3 Å². The molecular weight excluding hydrogens is 374 g/mol. The van der Waals surface area contributed by atoms with E-state index in [9.17, 15) is 26.3 Å². The molecule has 9 heteroatoms. The molecule has 0 radical (unpaired) electrons. The highest BCUT2D eigenvalue weighted by atomic mass is 19.4. The van der Waals surface area contributed by atoms with Crippen LogP contribution in [0.5, 0.6) is 11.5 Å². The third-order valence-corrected chi connectivity index (χ3v) is 3.69. The average Bonchev–Trinajstić information content (AvgIpc) is 2.57. The highest BCUT2D eigenvalue weighted by Gasteiger charge is 2.39. The van der Waals surface area contributed by atoms with Crippen LogP contribution in [0.2, 0.25) is 0 Å². The van der Waals surface area contributed by atoms with Gasteiger partial charge in [0.1, 0.15) is 23.3 Å². The molecule has 2 aromatic rings. The van der Waals surface area contributed by atoms with Crippen molar-refractivity contribution < 1.29 is 31.1 Å². The van der Waals surface area contributed by atoms with Crippen molar-refractivity contribution in [2.24, 2.45) is 4.99 Å². The van der Waals surface area contributed by atoms with Crippen LogP contribution in [0, 0.1) is 0 Å². The van der Waals surface area contributed by atoms with Gasteiger partial charge in [-0.1, -0.05) is 12.1 Å². The van der Waals surface area contributed by atoms with E-state index in [1.165, 1.54) is 55.6 Å². The first kappa shape index (κ1) is 20.8. The second-order valence-electron chi connectivity index (χ2n) is 5.53. The minimum Gasteiger partial charge on any atom is -0.457 e. The van der Waals surface area contributed by atoms with Crippen LogP contribution in [0.25, 0.3) is 0 Å². The van der Waals surface area contributed by atoms with Gasteiger partial charge >= 0.3 is 12.4 Å². The van der Waals surface area contributed by atoms with Gasteiger partial charge in [-0.3, -0.25) is 4.99 Å². The molecule has 0 aliphatic rings. The fraction of sp³-hybridized carbons (Fsp3) is 0.278. The number of hydrogen-bond acceptors (Lipinski definition) is 3. The van der Waals surface area contributed by atoms with E-state index in [1.54, 1.807) is 0 Å². The van der Waals surface area contributed by atoms with Crippen molar-refractivity contribution >= 4 is 5.71 Å². The van der Waals surface area contributed by atoms with Gasteiger partial charge in [0.25, 0.3) is 0 Å². The summed E-state index contributed by atoms with van der Waals surface area (Å²) >= 11 is 0. The molecule has 1 N–H and O–H groups in total. The average molecular weight is 390 g/mol. The molecule has 0 spiro atoms. The molecule has 3 nitrogen and oxygen atoms in total. The van der Waals surface area contributed by atoms with E-state index >= 15 is 0 Å². The van der Waals surface area contributed by atoms with E-state index in [2.05, 4.69) is 10.3 Å². The van der Waals surface area contributed by atoms with Crippen molar-refractivity contribution in [3.63, 3.8) is 0 Å². The first-order valence-corrected chi connectivity index (χ1v) is 7.72. The molecule has 0 heterocycles. The second-order valence-corrected chi connectivity index (χ2v) is 5.53. The number of halogens is 6. The Balaban J connectivity index is 2.14. The molecule has 0 amide bonds. The van der Waals surface area contributed by atoms with Crippen LogP contribution in [0.15, 0.2) is 53.5 Å². The quantitative estimate of drug-likeness (QED) is 0.557. The summed E-state index contributed by atoms with van der Waals surface area (Å²) in [6.45, 7) is 0. The van der Waals surface area contributed by atoms with Crippen molar-refractivity contribution in [3.8, 4) is 11.5 Å². The van der Waals surface area contributed by atoms with E-state index < -0.39 is 24.1 Å². The van der Waals surface area contributed by atoms with Crippen LogP contribution < -0.4 is 10.1 Å². The number of rotatable bonds is 5. The van der Waals surface area contributed by atoms with Crippen LogP contribution in [-0.2, 0) is 0 Å². The number of hydrogen-bond donors (Lipinski definition) is 1. The molecule has 27 heavy (non-hydrogen) atoms. The molecule has 0 aliphatic carbocycles. The number of aliphatic imine (C=N–C) groups is 1. The Kier molecular flexibility index (Phi) is 6.15. The summed E-state index contributed by atoms with van der Waals surface area (Å²) in [5.74, 6) is 0.494. The molecule has 1 unspecified atom stereocenters. The minimum absolute atomic E-state index is 0.0154. The number of benzene rings is 2. The number of nitrogens with zero attached hydrogens (tertiary/aromatic N) is 1. The summed E-state index contributed by atoms with van der Waals surface area (Å²) in [5.41, 5.74) is -1.11. The molecule has 1 atom stereocenters. The molecule has 0 fully saturated rings. The van der Waals surface area contributed by atoms with Gasteiger partial charge in [0.2, 0.25) is 0 Å². The molecule has 0 aromatic heterocycles. The number of alkyl halides is 6. The third kappa shape index (κ3) is 5.22. The zero-order valence-electron chi connectivity index (χ0n) is 14.3. The Hall–Kier alpha value is -2.55. The predicted octanol–water partition coefficient (Wildman–Crippen LogP) is 5.28. The van der Waals surface area contributed by atoms with E-state index in [1.807, 2.05) is 0 Å². The third-order valence-electron chi connectivity index (χ3n) is 3.69. The summed E-state index contributed by atoms with van der Waals surface area (Å²) in [4.78, 5) is 3.25. The molecule has 0 saturated heterocycles. The highest BCUT2D eigenvalue weighted by Crippen LogP contribution is 2.33. The van der Waals surface area contributed by atoms with E-state index in [0.29, 0.717) is 0 Å². The second kappa shape index (κ2) is 7.99. The Morgan fingerprint density at radius 3 is 1.74 bits per heavy atom. The number of ether oxygens (including phenoxy) is 1. The van der Waals surface area contributed by atoms with Crippen LogP contribution in [0.3, 0.4) is 0 Å². The minimum atomic E-state index is -4.57. The van der Waals surface area contributed by atoms with E-state index in [-0.39, 0.29) is 22.6 Å². The smallest absolute Gasteiger partial charge is 0.433 e. The molecule has 2 aromatic carbocycles. The molecule has 146 valence electrons. The Bertz CT molecular complexity index is 779. The van der Waals surface area contributed by atoms with Crippen LogP contribution in [0.1, 0.15) is 17.2 Å².